The summed E-state index contributed by atoms with van der Waals surface area (Å²) in [5.74, 6) is -0.777. The van der Waals surface area contributed by atoms with E-state index in [1.807, 2.05) is 6.07 Å². The molecule has 1 amide bonds. The molecule has 1 saturated heterocycles. The maximum absolute atomic E-state index is 12.6. The van der Waals surface area contributed by atoms with E-state index in [2.05, 4.69) is 10.4 Å². The summed E-state index contributed by atoms with van der Waals surface area (Å²) in [5, 5.41) is 7.36. The molecule has 0 radical (unpaired) electrons. The van der Waals surface area contributed by atoms with Crippen LogP contribution in [0.2, 0.25) is 0 Å². The molecule has 25 heavy (non-hydrogen) atoms. The third-order valence-electron chi connectivity index (χ3n) is 4.50. The molecule has 3 rings (SSSR count). The lowest BCUT2D eigenvalue weighted by Crippen LogP contribution is -2.49. The number of alkyl halides is 3. The van der Waals surface area contributed by atoms with Gasteiger partial charge in [-0.2, -0.15) is 18.3 Å². The molecule has 1 aliphatic rings. The van der Waals surface area contributed by atoms with Crippen molar-refractivity contribution in [2.24, 2.45) is 7.05 Å². The molecule has 1 N–H and O–H groups in total. The fraction of sp³-hybridized carbons (Fsp3) is 0.500. The molecule has 0 saturated carbocycles. The van der Waals surface area contributed by atoms with E-state index in [9.17, 15) is 18.0 Å². The highest BCUT2D eigenvalue weighted by Gasteiger charge is 2.37. The van der Waals surface area contributed by atoms with Gasteiger partial charge < -0.3 is 14.6 Å². The highest BCUT2D eigenvalue weighted by Crippen LogP contribution is 2.32. The Hall–Kier alpha value is -2.29. The second kappa shape index (κ2) is 6.55. The number of nitrogens with zero attached hydrogens (tertiary/aromatic N) is 3. The normalized spacial score (nSPS) is 21.8. The molecule has 2 aromatic heterocycles. The molecule has 6 nitrogen and oxygen atoms in total. The third kappa shape index (κ3) is 3.55. The number of carbonyl (C=O) groups is 1. The number of nitrogens with one attached hydrogen (secondary N) is 1. The number of furan rings is 1. The lowest BCUT2D eigenvalue weighted by Gasteiger charge is -2.39. The van der Waals surface area contributed by atoms with Gasteiger partial charge in [-0.15, -0.1) is 0 Å². The first-order chi connectivity index (χ1) is 11.8. The van der Waals surface area contributed by atoms with Crippen LogP contribution >= 0.6 is 0 Å². The van der Waals surface area contributed by atoms with Gasteiger partial charge in [0.1, 0.15) is 5.76 Å². The average Bonchev–Trinajstić information content (AvgIpc) is 3.17. The van der Waals surface area contributed by atoms with E-state index in [1.165, 1.54) is 6.07 Å². The predicted molar refractivity (Wildman–Crippen MR) is 82.3 cm³/mol. The molecule has 0 unspecified atom stereocenters. The minimum absolute atomic E-state index is 0.0293. The quantitative estimate of drug-likeness (QED) is 0.914. The zero-order valence-electron chi connectivity index (χ0n) is 13.9. The van der Waals surface area contributed by atoms with Crippen LogP contribution in [-0.4, -0.2) is 33.7 Å². The molecule has 2 aromatic rings. The smallest absolute Gasteiger partial charge is 0.449 e. The van der Waals surface area contributed by atoms with Gasteiger partial charge in [-0.05, 0) is 24.6 Å². The van der Waals surface area contributed by atoms with Crippen molar-refractivity contribution >= 4 is 5.91 Å². The first-order valence-electron chi connectivity index (χ1n) is 7.90. The van der Waals surface area contributed by atoms with E-state index in [-0.39, 0.29) is 30.3 Å². The van der Waals surface area contributed by atoms with Crippen molar-refractivity contribution in [1.82, 2.24) is 20.0 Å². The number of carbonyl (C=O) groups excluding carboxylic acids is 1. The Labute approximate surface area is 142 Å². The molecule has 136 valence electrons. The van der Waals surface area contributed by atoms with Crippen LogP contribution in [0.3, 0.4) is 0 Å². The molecule has 0 aromatic carbocycles. The number of aromatic nitrogens is 2. The van der Waals surface area contributed by atoms with E-state index in [0.29, 0.717) is 12.8 Å². The lowest BCUT2D eigenvalue weighted by molar-refractivity contribution is -0.153. The Balaban J connectivity index is 1.74. The van der Waals surface area contributed by atoms with Gasteiger partial charge in [-0.25, -0.2) is 0 Å². The maximum Gasteiger partial charge on any atom is 0.449 e. The third-order valence-corrected chi connectivity index (χ3v) is 4.50. The number of amides is 1. The number of hydrogen-bond acceptors (Lipinski definition) is 4. The van der Waals surface area contributed by atoms with Gasteiger partial charge in [-0.3, -0.25) is 9.48 Å². The molecule has 0 spiro atoms. The van der Waals surface area contributed by atoms with Crippen LogP contribution in [0.1, 0.15) is 36.1 Å². The van der Waals surface area contributed by atoms with E-state index in [4.69, 9.17) is 4.42 Å². The molecule has 3 heterocycles. The highest BCUT2D eigenvalue weighted by molar-refractivity contribution is 5.77. The topological polar surface area (TPSA) is 63.3 Å². The van der Waals surface area contributed by atoms with Gasteiger partial charge in [0.15, 0.2) is 0 Å². The fourth-order valence-corrected chi connectivity index (χ4v) is 3.19. The SMILES string of the molecule is CN1C(=O)CC[C@H](NCc2ccc(C(F)(F)F)o2)[C@H]1c1ccnn1C. The second-order valence-corrected chi connectivity index (χ2v) is 6.12. The predicted octanol–water partition coefficient (Wildman–Crippen LogP) is 2.48. The van der Waals surface area contributed by atoms with Crippen molar-refractivity contribution in [2.75, 3.05) is 7.05 Å². The van der Waals surface area contributed by atoms with Gasteiger partial charge in [0.25, 0.3) is 0 Å². The number of rotatable bonds is 4. The van der Waals surface area contributed by atoms with E-state index in [0.717, 1.165) is 11.8 Å². The Morgan fingerprint density at radius 2 is 2.08 bits per heavy atom. The number of likely N-dealkylation sites (tertiary alicyclic amines) is 1. The standard InChI is InChI=1S/C16H19F3N4O2/c1-22-14(24)6-4-11(15(22)12-7-8-21-23(12)2)20-9-10-3-5-13(25-10)16(17,18)19/h3,5,7-8,11,15,20H,4,6,9H2,1-2H3/t11-,15-/m0/s1. The number of hydrogen-bond donors (Lipinski definition) is 1. The Morgan fingerprint density at radius 3 is 2.68 bits per heavy atom. The molecular formula is C16H19F3N4O2. The van der Waals surface area contributed by atoms with Crippen LogP contribution in [0.25, 0.3) is 0 Å². The first-order valence-corrected chi connectivity index (χ1v) is 7.90. The Bertz CT molecular complexity index is 753. The molecule has 2 atom stereocenters. The summed E-state index contributed by atoms with van der Waals surface area (Å²) in [7, 11) is 3.52. The van der Waals surface area contributed by atoms with E-state index < -0.39 is 11.9 Å². The van der Waals surface area contributed by atoms with Crippen LogP contribution in [0.4, 0.5) is 13.2 Å². The monoisotopic (exact) mass is 356 g/mol. The van der Waals surface area contributed by atoms with E-state index >= 15 is 0 Å². The van der Waals surface area contributed by atoms with Gasteiger partial charge in [0, 0.05) is 32.8 Å². The highest BCUT2D eigenvalue weighted by atomic mass is 19.4. The van der Waals surface area contributed by atoms with Gasteiger partial charge in [0.05, 0.1) is 18.3 Å². The van der Waals surface area contributed by atoms with Crippen molar-refractivity contribution in [1.29, 1.82) is 0 Å². The summed E-state index contributed by atoms with van der Waals surface area (Å²) < 4.78 is 44.4. The lowest BCUT2D eigenvalue weighted by atomic mass is 9.93. The summed E-state index contributed by atoms with van der Waals surface area (Å²) >= 11 is 0. The van der Waals surface area contributed by atoms with Crippen molar-refractivity contribution in [2.45, 2.75) is 37.6 Å². The molecule has 9 heteroatoms. The molecule has 1 aliphatic heterocycles. The van der Waals surface area contributed by atoms with E-state index in [1.54, 1.807) is 29.9 Å². The Kier molecular flexibility index (Phi) is 4.59. The van der Waals surface area contributed by atoms with Crippen LogP contribution in [0.15, 0.2) is 28.8 Å². The summed E-state index contributed by atoms with van der Waals surface area (Å²) in [5.41, 5.74) is 0.864. The summed E-state index contributed by atoms with van der Waals surface area (Å²) in [6.07, 6.45) is -1.87. The van der Waals surface area contributed by atoms with Crippen LogP contribution in [0, 0.1) is 0 Å². The molecule has 1 fully saturated rings. The minimum Gasteiger partial charge on any atom is -0.455 e. The van der Waals surface area contributed by atoms with Crippen LogP contribution in [0.5, 0.6) is 0 Å². The maximum atomic E-state index is 12.6. The number of aryl methyl sites for hydroxylation is 1. The largest absolute Gasteiger partial charge is 0.455 e. The van der Waals surface area contributed by atoms with Gasteiger partial charge in [0.2, 0.25) is 11.7 Å². The zero-order valence-corrected chi connectivity index (χ0v) is 13.9. The van der Waals surface area contributed by atoms with Crippen molar-refractivity contribution in [3.63, 3.8) is 0 Å². The minimum atomic E-state index is -4.49. The number of halogens is 3. The van der Waals surface area contributed by atoms with Crippen LogP contribution in [-0.2, 0) is 24.6 Å². The second-order valence-electron chi connectivity index (χ2n) is 6.12. The first kappa shape index (κ1) is 17.5. The zero-order chi connectivity index (χ0) is 18.2. The fourth-order valence-electron chi connectivity index (χ4n) is 3.19. The number of piperidine rings is 1. The average molecular weight is 356 g/mol. The summed E-state index contributed by atoms with van der Waals surface area (Å²) in [6.45, 7) is 0.150. The van der Waals surface area contributed by atoms with Crippen molar-refractivity contribution in [3.05, 3.63) is 41.6 Å². The van der Waals surface area contributed by atoms with Crippen molar-refractivity contribution < 1.29 is 22.4 Å². The molecular weight excluding hydrogens is 337 g/mol. The summed E-state index contributed by atoms with van der Waals surface area (Å²) in [4.78, 5) is 13.7. The molecule has 0 bridgehead atoms. The van der Waals surface area contributed by atoms with Gasteiger partial charge in [-0.1, -0.05) is 0 Å². The molecule has 0 aliphatic carbocycles. The summed E-state index contributed by atoms with van der Waals surface area (Å²) in [6, 6.07) is 3.71. The van der Waals surface area contributed by atoms with Crippen LogP contribution < -0.4 is 5.32 Å². The number of likely N-dealkylation sites (N-methyl/N-ethyl adjacent to an activating group) is 1. The Morgan fingerprint density at radius 1 is 1.32 bits per heavy atom. The van der Waals surface area contributed by atoms with Gasteiger partial charge >= 0.3 is 6.18 Å². The van der Waals surface area contributed by atoms with Crippen molar-refractivity contribution in [3.8, 4) is 0 Å².